The maximum atomic E-state index is 11.4. The van der Waals surface area contributed by atoms with Gasteiger partial charge in [0.15, 0.2) is 0 Å². The van der Waals surface area contributed by atoms with Gasteiger partial charge in [0.2, 0.25) is 5.95 Å². The van der Waals surface area contributed by atoms with E-state index in [0.717, 1.165) is 30.3 Å². The van der Waals surface area contributed by atoms with Crippen molar-refractivity contribution >= 4 is 17.9 Å². The van der Waals surface area contributed by atoms with Crippen LogP contribution in [0.1, 0.15) is 24.1 Å². The highest BCUT2D eigenvalue weighted by Crippen LogP contribution is 2.27. The first-order valence-electron chi connectivity index (χ1n) is 7.88. The minimum absolute atomic E-state index is 0.222. The van der Waals surface area contributed by atoms with Crippen molar-refractivity contribution in [3.8, 4) is 0 Å². The number of nitrogens with zero attached hydrogens (tertiary/aromatic N) is 4. The van der Waals surface area contributed by atoms with Gasteiger partial charge in [-0.05, 0) is 25.7 Å². The standard InChI is InChI=1S/C15H23N5O2/c1-19(2)14-17-12-6-4-3-5-11(12)13(18-14)16-7-8-20-9-10-22-15(20)21/h3-10H2,1-2H3,(H,16,17,18). The molecule has 120 valence electrons. The Bertz CT molecular complexity index is 561. The zero-order valence-corrected chi connectivity index (χ0v) is 13.3. The number of carbonyl (C=O) groups is 1. The molecule has 3 rings (SSSR count). The molecular weight excluding hydrogens is 282 g/mol. The number of carbonyl (C=O) groups excluding carboxylic acids is 1. The molecule has 1 aliphatic carbocycles. The molecule has 2 aliphatic rings. The molecule has 22 heavy (non-hydrogen) atoms. The SMILES string of the molecule is CN(C)c1nc2c(c(NCCN3CCOC3=O)n1)CCCC2. The van der Waals surface area contributed by atoms with Crippen LogP contribution in [-0.4, -0.2) is 61.3 Å². The molecule has 1 amide bonds. The predicted molar refractivity (Wildman–Crippen MR) is 84.4 cm³/mol. The number of fused-ring (bicyclic) bond motifs is 1. The lowest BCUT2D eigenvalue weighted by Crippen LogP contribution is -2.30. The first-order chi connectivity index (χ1) is 10.6. The third-order valence-corrected chi connectivity index (χ3v) is 4.09. The Morgan fingerprint density at radius 2 is 2.09 bits per heavy atom. The van der Waals surface area contributed by atoms with E-state index in [1.165, 1.54) is 18.4 Å². The van der Waals surface area contributed by atoms with Gasteiger partial charge in [-0.3, -0.25) is 0 Å². The molecule has 0 unspecified atom stereocenters. The molecule has 7 nitrogen and oxygen atoms in total. The lowest BCUT2D eigenvalue weighted by molar-refractivity contribution is 0.159. The van der Waals surface area contributed by atoms with Crippen molar-refractivity contribution in [2.45, 2.75) is 25.7 Å². The number of cyclic esters (lactones) is 1. The third kappa shape index (κ3) is 3.08. The Hall–Kier alpha value is -2.05. The molecule has 1 aliphatic heterocycles. The van der Waals surface area contributed by atoms with Gasteiger partial charge in [0.25, 0.3) is 0 Å². The molecule has 1 aromatic rings. The van der Waals surface area contributed by atoms with Crippen LogP contribution in [-0.2, 0) is 17.6 Å². The number of hydrogen-bond acceptors (Lipinski definition) is 6. The fraction of sp³-hybridized carbons (Fsp3) is 0.667. The van der Waals surface area contributed by atoms with Crippen LogP contribution in [0.4, 0.5) is 16.6 Å². The molecule has 2 heterocycles. The van der Waals surface area contributed by atoms with E-state index in [2.05, 4.69) is 15.3 Å². The van der Waals surface area contributed by atoms with Crippen LogP contribution in [0.25, 0.3) is 0 Å². The van der Waals surface area contributed by atoms with E-state index in [0.29, 0.717) is 26.2 Å². The molecule has 0 saturated carbocycles. The largest absolute Gasteiger partial charge is 0.448 e. The zero-order chi connectivity index (χ0) is 15.5. The molecule has 1 aromatic heterocycles. The summed E-state index contributed by atoms with van der Waals surface area (Å²) in [5, 5.41) is 3.39. The second kappa shape index (κ2) is 6.37. The van der Waals surface area contributed by atoms with Crippen molar-refractivity contribution in [3.63, 3.8) is 0 Å². The Kier molecular flexibility index (Phi) is 4.31. The molecule has 0 bridgehead atoms. The minimum atomic E-state index is -0.222. The van der Waals surface area contributed by atoms with Crippen molar-refractivity contribution in [1.82, 2.24) is 14.9 Å². The van der Waals surface area contributed by atoms with Crippen molar-refractivity contribution < 1.29 is 9.53 Å². The quantitative estimate of drug-likeness (QED) is 0.884. The van der Waals surface area contributed by atoms with E-state index in [-0.39, 0.29) is 6.09 Å². The van der Waals surface area contributed by atoms with E-state index in [1.807, 2.05) is 19.0 Å². The lowest BCUT2D eigenvalue weighted by Gasteiger charge is -2.22. The number of nitrogens with one attached hydrogen (secondary N) is 1. The van der Waals surface area contributed by atoms with Crippen LogP contribution in [0.5, 0.6) is 0 Å². The van der Waals surface area contributed by atoms with Crippen molar-refractivity contribution in [1.29, 1.82) is 0 Å². The van der Waals surface area contributed by atoms with E-state index in [4.69, 9.17) is 4.74 Å². The number of aryl methyl sites for hydroxylation is 1. The molecule has 1 fully saturated rings. The number of amides is 1. The fourth-order valence-corrected chi connectivity index (χ4v) is 2.87. The van der Waals surface area contributed by atoms with Crippen molar-refractivity contribution in [2.24, 2.45) is 0 Å². The number of hydrogen-bond donors (Lipinski definition) is 1. The smallest absolute Gasteiger partial charge is 0.409 e. The highest BCUT2D eigenvalue weighted by Gasteiger charge is 2.22. The molecule has 7 heteroatoms. The number of aromatic nitrogens is 2. The Labute approximate surface area is 130 Å². The molecule has 1 saturated heterocycles. The summed E-state index contributed by atoms with van der Waals surface area (Å²) < 4.78 is 4.94. The van der Waals surface area contributed by atoms with Crippen LogP contribution in [0.2, 0.25) is 0 Å². The summed E-state index contributed by atoms with van der Waals surface area (Å²) in [4.78, 5) is 24.4. The third-order valence-electron chi connectivity index (χ3n) is 4.09. The Morgan fingerprint density at radius 3 is 2.82 bits per heavy atom. The van der Waals surface area contributed by atoms with Crippen molar-refractivity contribution in [2.75, 3.05) is 50.6 Å². The zero-order valence-electron chi connectivity index (χ0n) is 13.3. The normalized spacial score (nSPS) is 17.2. The van der Waals surface area contributed by atoms with E-state index < -0.39 is 0 Å². The summed E-state index contributed by atoms with van der Waals surface area (Å²) in [6, 6.07) is 0. The summed E-state index contributed by atoms with van der Waals surface area (Å²) in [6.07, 6.45) is 4.20. The van der Waals surface area contributed by atoms with Gasteiger partial charge in [0.1, 0.15) is 12.4 Å². The molecule has 0 atom stereocenters. The monoisotopic (exact) mass is 305 g/mol. The average molecular weight is 305 g/mol. The van der Waals surface area contributed by atoms with Gasteiger partial charge in [0.05, 0.1) is 12.2 Å². The number of rotatable bonds is 5. The van der Waals surface area contributed by atoms with Gasteiger partial charge in [-0.25, -0.2) is 9.78 Å². The lowest BCUT2D eigenvalue weighted by atomic mass is 9.96. The summed E-state index contributed by atoms with van der Waals surface area (Å²) in [7, 11) is 3.91. The topological polar surface area (TPSA) is 70.6 Å². The summed E-state index contributed by atoms with van der Waals surface area (Å²) >= 11 is 0. The summed E-state index contributed by atoms with van der Waals surface area (Å²) in [6.45, 7) is 2.47. The Balaban J connectivity index is 1.71. The second-order valence-electron chi connectivity index (χ2n) is 5.93. The van der Waals surface area contributed by atoms with Crippen LogP contribution in [0.15, 0.2) is 0 Å². The van der Waals surface area contributed by atoms with Gasteiger partial charge in [-0.2, -0.15) is 4.98 Å². The van der Waals surface area contributed by atoms with Gasteiger partial charge in [0, 0.05) is 32.7 Å². The van der Waals surface area contributed by atoms with Gasteiger partial charge >= 0.3 is 6.09 Å². The van der Waals surface area contributed by atoms with E-state index >= 15 is 0 Å². The molecule has 0 aromatic carbocycles. The van der Waals surface area contributed by atoms with E-state index in [1.54, 1.807) is 4.90 Å². The van der Waals surface area contributed by atoms with Gasteiger partial charge in [-0.15, -0.1) is 0 Å². The molecule has 0 spiro atoms. The van der Waals surface area contributed by atoms with Crippen molar-refractivity contribution in [3.05, 3.63) is 11.3 Å². The molecular formula is C15H23N5O2. The highest BCUT2D eigenvalue weighted by molar-refractivity contribution is 5.69. The number of anilines is 2. The fourth-order valence-electron chi connectivity index (χ4n) is 2.87. The van der Waals surface area contributed by atoms with E-state index in [9.17, 15) is 4.79 Å². The number of ether oxygens (including phenoxy) is 1. The minimum Gasteiger partial charge on any atom is -0.448 e. The first kappa shape index (κ1) is 14.9. The first-order valence-corrected chi connectivity index (χ1v) is 7.88. The predicted octanol–water partition coefficient (Wildman–Crippen LogP) is 1.29. The molecule has 1 N–H and O–H groups in total. The van der Waals surface area contributed by atoms with Gasteiger partial charge in [-0.1, -0.05) is 0 Å². The van der Waals surface area contributed by atoms with Gasteiger partial charge < -0.3 is 19.9 Å². The maximum absolute atomic E-state index is 11.4. The Morgan fingerprint density at radius 1 is 1.27 bits per heavy atom. The summed E-state index contributed by atoms with van der Waals surface area (Å²) in [5.74, 6) is 1.66. The van der Waals surface area contributed by atoms with Crippen LogP contribution in [0, 0.1) is 0 Å². The molecule has 0 radical (unpaired) electrons. The average Bonchev–Trinajstić information content (AvgIpc) is 2.92. The van der Waals surface area contributed by atoms with Crippen LogP contribution in [0.3, 0.4) is 0 Å². The summed E-state index contributed by atoms with van der Waals surface area (Å²) in [5.41, 5.74) is 2.40. The maximum Gasteiger partial charge on any atom is 0.409 e. The van der Waals surface area contributed by atoms with Crippen LogP contribution < -0.4 is 10.2 Å². The second-order valence-corrected chi connectivity index (χ2v) is 5.93. The van der Waals surface area contributed by atoms with Crippen LogP contribution >= 0.6 is 0 Å². The highest BCUT2D eigenvalue weighted by atomic mass is 16.6.